The second-order valence-corrected chi connectivity index (χ2v) is 7.34. The lowest BCUT2D eigenvalue weighted by atomic mass is 10.1. The highest BCUT2D eigenvalue weighted by Gasteiger charge is 2.15. The average Bonchev–Trinajstić information content (AvgIpc) is 3.40. The van der Waals surface area contributed by atoms with E-state index in [1.165, 1.54) is 16.6 Å². The van der Waals surface area contributed by atoms with Crippen molar-refractivity contribution in [1.29, 1.82) is 0 Å². The SMILES string of the molecule is COc1cc(Nc2nc3c(-c4ccc(F)c(F)c4)cc(F)cn3n2)ccc1-n1cnc(C)c1. The van der Waals surface area contributed by atoms with E-state index < -0.39 is 17.5 Å². The van der Waals surface area contributed by atoms with Gasteiger partial charge in [-0.2, -0.15) is 4.98 Å². The first-order chi connectivity index (χ1) is 15.9. The summed E-state index contributed by atoms with van der Waals surface area (Å²) in [5, 5.41) is 7.33. The van der Waals surface area contributed by atoms with Gasteiger partial charge in [0, 0.05) is 23.5 Å². The number of methoxy groups -OCH3 is 1. The van der Waals surface area contributed by atoms with E-state index in [2.05, 4.69) is 20.4 Å². The molecule has 0 amide bonds. The van der Waals surface area contributed by atoms with E-state index >= 15 is 0 Å². The molecule has 7 nitrogen and oxygen atoms in total. The highest BCUT2D eigenvalue weighted by atomic mass is 19.2. The van der Waals surface area contributed by atoms with Crippen LogP contribution in [-0.2, 0) is 0 Å². The highest BCUT2D eigenvalue weighted by molar-refractivity contribution is 5.78. The van der Waals surface area contributed by atoms with E-state index in [1.54, 1.807) is 19.5 Å². The molecule has 0 fully saturated rings. The smallest absolute Gasteiger partial charge is 0.247 e. The molecule has 33 heavy (non-hydrogen) atoms. The molecule has 3 aromatic heterocycles. The van der Waals surface area contributed by atoms with Gasteiger partial charge in [-0.1, -0.05) is 6.07 Å². The summed E-state index contributed by atoms with van der Waals surface area (Å²) in [6.07, 6.45) is 4.73. The van der Waals surface area contributed by atoms with Crippen LogP contribution in [0.3, 0.4) is 0 Å². The molecule has 5 aromatic rings. The van der Waals surface area contributed by atoms with E-state index in [4.69, 9.17) is 4.74 Å². The number of fused-ring (bicyclic) bond motifs is 1. The number of nitrogens with zero attached hydrogens (tertiary/aromatic N) is 5. The second kappa shape index (κ2) is 7.97. The minimum Gasteiger partial charge on any atom is -0.494 e. The van der Waals surface area contributed by atoms with Crippen molar-refractivity contribution in [3.8, 4) is 22.6 Å². The van der Waals surface area contributed by atoms with Crippen molar-refractivity contribution >= 4 is 17.3 Å². The zero-order chi connectivity index (χ0) is 23.1. The van der Waals surface area contributed by atoms with Crippen molar-refractivity contribution in [1.82, 2.24) is 24.1 Å². The third kappa shape index (κ3) is 3.86. The topological polar surface area (TPSA) is 69.3 Å². The van der Waals surface area contributed by atoms with E-state index in [0.29, 0.717) is 11.4 Å². The zero-order valence-electron chi connectivity index (χ0n) is 17.6. The van der Waals surface area contributed by atoms with Gasteiger partial charge in [0.05, 0.1) is 31.0 Å². The lowest BCUT2D eigenvalue weighted by molar-refractivity contribution is 0.413. The minimum atomic E-state index is -1.03. The number of aromatic nitrogens is 5. The Kier molecular flexibility index (Phi) is 4.97. The first-order valence-electron chi connectivity index (χ1n) is 9.88. The van der Waals surface area contributed by atoms with E-state index in [9.17, 15) is 13.2 Å². The number of benzene rings is 2. The van der Waals surface area contributed by atoms with Crippen LogP contribution in [0.2, 0.25) is 0 Å². The number of hydrogen-bond donors (Lipinski definition) is 1. The number of hydrogen-bond acceptors (Lipinski definition) is 5. The number of pyridine rings is 1. The Labute approximate surface area is 186 Å². The summed E-state index contributed by atoms with van der Waals surface area (Å²) in [6.45, 7) is 1.89. The van der Waals surface area contributed by atoms with Crippen LogP contribution >= 0.6 is 0 Å². The molecule has 1 N–H and O–H groups in total. The Balaban J connectivity index is 1.52. The minimum absolute atomic E-state index is 0.192. The summed E-state index contributed by atoms with van der Waals surface area (Å²) in [7, 11) is 1.56. The van der Waals surface area contributed by atoms with Crippen LogP contribution in [0.5, 0.6) is 5.75 Å². The van der Waals surface area contributed by atoms with Crippen LogP contribution in [0.4, 0.5) is 24.8 Å². The molecule has 10 heteroatoms. The van der Waals surface area contributed by atoms with Gasteiger partial charge in [0.2, 0.25) is 5.95 Å². The zero-order valence-corrected chi connectivity index (χ0v) is 17.6. The maximum absolute atomic E-state index is 14.2. The molecule has 0 unspecified atom stereocenters. The van der Waals surface area contributed by atoms with Gasteiger partial charge >= 0.3 is 0 Å². The number of rotatable bonds is 5. The van der Waals surface area contributed by atoms with E-state index in [-0.39, 0.29) is 22.7 Å². The predicted molar refractivity (Wildman–Crippen MR) is 116 cm³/mol. The standard InChI is InChI=1S/C23H17F3N6O/c1-13-10-31(12-27-13)20-6-4-16(9-21(20)33-2)28-23-29-22-17(8-15(24)11-32(22)30-23)14-3-5-18(25)19(26)7-14/h3-12H,1-2H3,(H,28,30). The van der Waals surface area contributed by atoms with Crippen molar-refractivity contribution in [2.45, 2.75) is 6.92 Å². The third-order valence-electron chi connectivity index (χ3n) is 5.06. The monoisotopic (exact) mass is 450 g/mol. The number of imidazole rings is 1. The fraction of sp³-hybridized carbons (Fsp3) is 0.0870. The molecule has 0 radical (unpaired) electrons. The Bertz CT molecular complexity index is 1490. The van der Waals surface area contributed by atoms with Crippen molar-refractivity contribution < 1.29 is 17.9 Å². The summed E-state index contributed by atoms with van der Waals surface area (Å²) in [4.78, 5) is 8.65. The van der Waals surface area contributed by atoms with Gasteiger partial charge in [-0.3, -0.25) is 0 Å². The Morgan fingerprint density at radius 2 is 1.82 bits per heavy atom. The fourth-order valence-electron chi connectivity index (χ4n) is 3.53. The van der Waals surface area contributed by atoms with Gasteiger partial charge in [0.15, 0.2) is 17.3 Å². The largest absolute Gasteiger partial charge is 0.494 e. The number of ether oxygens (including phenoxy) is 1. The fourth-order valence-corrected chi connectivity index (χ4v) is 3.53. The summed E-state index contributed by atoms with van der Waals surface area (Å²) in [5.74, 6) is -1.83. The van der Waals surface area contributed by atoms with E-state index in [0.717, 1.165) is 29.7 Å². The maximum atomic E-state index is 14.2. The molecular weight excluding hydrogens is 433 g/mol. The Hall–Kier alpha value is -4.34. The maximum Gasteiger partial charge on any atom is 0.247 e. The van der Waals surface area contributed by atoms with Crippen LogP contribution in [0.25, 0.3) is 22.5 Å². The predicted octanol–water partition coefficient (Wildman–Crippen LogP) is 5.06. The summed E-state index contributed by atoms with van der Waals surface area (Å²) >= 11 is 0. The van der Waals surface area contributed by atoms with Crippen molar-refractivity contribution in [2.75, 3.05) is 12.4 Å². The highest BCUT2D eigenvalue weighted by Crippen LogP contribution is 2.30. The van der Waals surface area contributed by atoms with Gasteiger partial charge in [0.25, 0.3) is 0 Å². The second-order valence-electron chi connectivity index (χ2n) is 7.34. The molecular formula is C23H17F3N6O. The third-order valence-corrected chi connectivity index (χ3v) is 5.06. The lowest BCUT2D eigenvalue weighted by Gasteiger charge is -2.11. The normalized spacial score (nSPS) is 11.2. The molecule has 0 bridgehead atoms. The van der Waals surface area contributed by atoms with E-state index in [1.807, 2.05) is 29.8 Å². The molecule has 0 aliphatic carbocycles. The number of nitrogens with one attached hydrogen (secondary N) is 1. The molecule has 0 aliphatic rings. The van der Waals surface area contributed by atoms with Crippen LogP contribution < -0.4 is 10.1 Å². The Morgan fingerprint density at radius 1 is 0.970 bits per heavy atom. The summed E-state index contributed by atoms with van der Waals surface area (Å²) in [6, 6.07) is 9.97. The number of halogens is 3. The number of anilines is 2. The molecule has 0 saturated heterocycles. The number of aryl methyl sites for hydroxylation is 1. The van der Waals surface area contributed by atoms with Crippen molar-refractivity contribution in [3.63, 3.8) is 0 Å². The van der Waals surface area contributed by atoms with Crippen LogP contribution in [0.15, 0.2) is 61.2 Å². The molecule has 0 saturated carbocycles. The summed E-state index contributed by atoms with van der Waals surface area (Å²) < 4.78 is 49.9. The molecule has 2 aromatic carbocycles. The molecule has 166 valence electrons. The van der Waals surface area contributed by atoms with Crippen LogP contribution in [0, 0.1) is 24.4 Å². The van der Waals surface area contributed by atoms with Crippen molar-refractivity contribution in [2.24, 2.45) is 0 Å². The van der Waals surface area contributed by atoms with Crippen LogP contribution in [0.1, 0.15) is 5.69 Å². The van der Waals surface area contributed by atoms with Gasteiger partial charge < -0.3 is 14.6 Å². The van der Waals surface area contributed by atoms with Crippen molar-refractivity contribution in [3.05, 3.63) is 84.3 Å². The summed E-state index contributed by atoms with van der Waals surface area (Å²) in [5.41, 5.74) is 3.14. The molecule has 0 atom stereocenters. The quantitative estimate of drug-likeness (QED) is 0.405. The molecule has 5 rings (SSSR count). The van der Waals surface area contributed by atoms with Gasteiger partial charge in [-0.15, -0.1) is 5.10 Å². The Morgan fingerprint density at radius 3 is 2.55 bits per heavy atom. The molecule has 0 spiro atoms. The van der Waals surface area contributed by atoms with Gasteiger partial charge in [-0.25, -0.2) is 22.7 Å². The van der Waals surface area contributed by atoms with Gasteiger partial charge in [-0.05, 0) is 42.8 Å². The lowest BCUT2D eigenvalue weighted by Crippen LogP contribution is -1.98. The van der Waals surface area contributed by atoms with Crippen LogP contribution in [-0.4, -0.2) is 31.3 Å². The molecule has 0 aliphatic heterocycles. The average molecular weight is 450 g/mol. The first kappa shape index (κ1) is 20.6. The molecule has 3 heterocycles. The van der Waals surface area contributed by atoms with Gasteiger partial charge in [0.1, 0.15) is 11.6 Å². The first-order valence-corrected chi connectivity index (χ1v) is 9.88.